The van der Waals surface area contributed by atoms with Gasteiger partial charge in [0.25, 0.3) is 0 Å². The fourth-order valence-corrected chi connectivity index (χ4v) is 1.62. The molecule has 3 heteroatoms. The fraction of sp³-hybridized carbons (Fsp3) is 0.583. The van der Waals surface area contributed by atoms with Crippen LogP contribution >= 0.6 is 0 Å². The van der Waals surface area contributed by atoms with Crippen LogP contribution in [0.15, 0.2) is 18.2 Å². The molecule has 1 atom stereocenters. The molecule has 0 aromatic carbocycles. The number of aromatic nitrogens is 2. The number of rotatable bonds is 5. The second-order valence-corrected chi connectivity index (χ2v) is 3.95. The highest BCUT2D eigenvalue weighted by Gasteiger charge is 2.12. The molecule has 0 saturated heterocycles. The molecule has 3 nitrogen and oxygen atoms in total. The number of hydrogen-bond donors (Lipinski definition) is 1. The van der Waals surface area contributed by atoms with Crippen molar-refractivity contribution in [3.63, 3.8) is 0 Å². The number of hydrogen-bond acceptors (Lipinski definition) is 2. The van der Waals surface area contributed by atoms with E-state index in [4.69, 9.17) is 5.73 Å². The van der Waals surface area contributed by atoms with E-state index in [1.807, 2.05) is 11.7 Å². The lowest BCUT2D eigenvalue weighted by Gasteiger charge is -2.12. The summed E-state index contributed by atoms with van der Waals surface area (Å²) < 4.78 is 1.88. The van der Waals surface area contributed by atoms with Crippen LogP contribution in [0.3, 0.4) is 0 Å². The van der Waals surface area contributed by atoms with Crippen LogP contribution in [-0.4, -0.2) is 9.78 Å². The summed E-state index contributed by atoms with van der Waals surface area (Å²) >= 11 is 0. The lowest BCUT2D eigenvalue weighted by molar-refractivity contribution is 0.607. The number of nitrogens with two attached hydrogens (primary N) is 1. The zero-order chi connectivity index (χ0) is 11.4. The van der Waals surface area contributed by atoms with Gasteiger partial charge < -0.3 is 5.73 Å². The largest absolute Gasteiger partial charge is 0.322 e. The molecule has 1 rings (SSSR count). The minimum Gasteiger partial charge on any atom is -0.322 e. The summed E-state index contributed by atoms with van der Waals surface area (Å²) in [7, 11) is 1.95. The summed E-state index contributed by atoms with van der Waals surface area (Å²) in [5, 5.41) is 4.39. The maximum Gasteiger partial charge on any atom is 0.0625 e. The molecule has 84 valence electrons. The van der Waals surface area contributed by atoms with Gasteiger partial charge in [0.05, 0.1) is 17.4 Å². The van der Waals surface area contributed by atoms with Crippen LogP contribution in [0.1, 0.15) is 44.1 Å². The maximum absolute atomic E-state index is 6.12. The van der Waals surface area contributed by atoms with E-state index in [2.05, 4.69) is 31.6 Å². The minimum atomic E-state index is 0.0234. The van der Waals surface area contributed by atoms with Gasteiger partial charge in [-0.1, -0.05) is 26.0 Å². The molecule has 0 aliphatic heterocycles. The summed E-state index contributed by atoms with van der Waals surface area (Å²) in [5.41, 5.74) is 9.52. The zero-order valence-electron chi connectivity index (χ0n) is 9.95. The van der Waals surface area contributed by atoms with E-state index >= 15 is 0 Å². The molecule has 1 unspecified atom stereocenters. The highest BCUT2D eigenvalue weighted by molar-refractivity contribution is 5.16. The van der Waals surface area contributed by atoms with Gasteiger partial charge in [0.15, 0.2) is 0 Å². The Morgan fingerprint density at radius 2 is 2.27 bits per heavy atom. The van der Waals surface area contributed by atoms with Gasteiger partial charge in [0.2, 0.25) is 0 Å². The predicted octanol–water partition coefficient (Wildman–Crippen LogP) is 2.34. The van der Waals surface area contributed by atoms with Gasteiger partial charge in [-0.25, -0.2) is 0 Å². The summed E-state index contributed by atoms with van der Waals surface area (Å²) in [6, 6.07) is 2.11. The summed E-state index contributed by atoms with van der Waals surface area (Å²) in [6.45, 7) is 8.19. The normalized spacial score (nSPS) is 12.8. The van der Waals surface area contributed by atoms with E-state index in [1.165, 1.54) is 5.57 Å². The average Bonchev–Trinajstić information content (AvgIpc) is 2.59. The SMILES string of the molecule is C=C(CC)CC(N)c1cc(CC)nn1C. The van der Waals surface area contributed by atoms with E-state index in [0.29, 0.717) is 0 Å². The first-order valence-corrected chi connectivity index (χ1v) is 5.53. The highest BCUT2D eigenvalue weighted by atomic mass is 15.3. The van der Waals surface area contributed by atoms with Crippen molar-refractivity contribution in [2.45, 2.75) is 39.2 Å². The number of aryl methyl sites for hydroxylation is 2. The third kappa shape index (κ3) is 2.93. The van der Waals surface area contributed by atoms with Gasteiger partial charge in [-0.15, -0.1) is 0 Å². The van der Waals surface area contributed by atoms with Crippen LogP contribution in [0.25, 0.3) is 0 Å². The van der Waals surface area contributed by atoms with Gasteiger partial charge in [0.1, 0.15) is 0 Å². The van der Waals surface area contributed by atoms with E-state index < -0.39 is 0 Å². The first kappa shape index (κ1) is 12.0. The Labute approximate surface area is 92.0 Å². The molecule has 0 amide bonds. The van der Waals surface area contributed by atoms with Crippen molar-refractivity contribution in [1.29, 1.82) is 0 Å². The third-order valence-electron chi connectivity index (χ3n) is 2.72. The first-order chi connectivity index (χ1) is 7.08. The Bertz CT molecular complexity index is 339. The van der Waals surface area contributed by atoms with Crippen LogP contribution in [0.2, 0.25) is 0 Å². The standard InChI is InChI=1S/C12H21N3/c1-5-9(3)7-11(13)12-8-10(6-2)14-15(12)4/h8,11H,3,5-7,13H2,1-2,4H3. The van der Waals surface area contributed by atoms with Gasteiger partial charge in [0, 0.05) is 7.05 Å². The van der Waals surface area contributed by atoms with Crippen molar-refractivity contribution in [2.75, 3.05) is 0 Å². The highest BCUT2D eigenvalue weighted by Crippen LogP contribution is 2.19. The lowest BCUT2D eigenvalue weighted by Crippen LogP contribution is -2.15. The van der Waals surface area contributed by atoms with Crippen LogP contribution in [0.4, 0.5) is 0 Å². The van der Waals surface area contributed by atoms with Crippen LogP contribution in [-0.2, 0) is 13.5 Å². The summed E-state index contributed by atoms with van der Waals surface area (Å²) in [5.74, 6) is 0. The van der Waals surface area contributed by atoms with Crippen molar-refractivity contribution >= 4 is 0 Å². The minimum absolute atomic E-state index is 0.0234. The van der Waals surface area contributed by atoms with Crippen LogP contribution in [0, 0.1) is 0 Å². The van der Waals surface area contributed by atoms with Crippen molar-refractivity contribution in [3.05, 3.63) is 29.6 Å². The monoisotopic (exact) mass is 207 g/mol. The molecule has 1 aromatic heterocycles. The second-order valence-electron chi connectivity index (χ2n) is 3.95. The zero-order valence-corrected chi connectivity index (χ0v) is 9.95. The van der Waals surface area contributed by atoms with E-state index in [0.717, 1.165) is 30.7 Å². The summed E-state index contributed by atoms with van der Waals surface area (Å²) in [4.78, 5) is 0. The Morgan fingerprint density at radius 1 is 1.60 bits per heavy atom. The molecule has 1 aromatic rings. The Morgan fingerprint density at radius 3 is 2.73 bits per heavy atom. The van der Waals surface area contributed by atoms with Crippen LogP contribution < -0.4 is 5.73 Å². The van der Waals surface area contributed by atoms with Gasteiger partial charge in [-0.3, -0.25) is 4.68 Å². The van der Waals surface area contributed by atoms with Gasteiger partial charge in [-0.2, -0.15) is 5.10 Å². The van der Waals surface area contributed by atoms with E-state index in [9.17, 15) is 0 Å². The quantitative estimate of drug-likeness (QED) is 0.753. The smallest absolute Gasteiger partial charge is 0.0625 e. The molecular weight excluding hydrogens is 186 g/mol. The van der Waals surface area contributed by atoms with Crippen LogP contribution in [0.5, 0.6) is 0 Å². The Balaban J connectivity index is 2.76. The molecule has 0 fully saturated rings. The second kappa shape index (κ2) is 5.12. The molecule has 0 bridgehead atoms. The van der Waals surface area contributed by atoms with Gasteiger partial charge in [-0.05, 0) is 25.3 Å². The Kier molecular flexibility index (Phi) is 4.09. The molecule has 0 saturated carbocycles. The van der Waals surface area contributed by atoms with Gasteiger partial charge >= 0.3 is 0 Å². The molecule has 0 radical (unpaired) electrons. The lowest BCUT2D eigenvalue weighted by atomic mass is 10.0. The maximum atomic E-state index is 6.12. The van der Waals surface area contributed by atoms with Crippen molar-refractivity contribution in [1.82, 2.24) is 9.78 Å². The van der Waals surface area contributed by atoms with E-state index in [1.54, 1.807) is 0 Å². The summed E-state index contributed by atoms with van der Waals surface area (Å²) in [6.07, 6.45) is 2.79. The average molecular weight is 207 g/mol. The molecule has 0 aliphatic carbocycles. The first-order valence-electron chi connectivity index (χ1n) is 5.53. The van der Waals surface area contributed by atoms with E-state index in [-0.39, 0.29) is 6.04 Å². The van der Waals surface area contributed by atoms with Crippen molar-refractivity contribution < 1.29 is 0 Å². The van der Waals surface area contributed by atoms with Crippen molar-refractivity contribution in [3.8, 4) is 0 Å². The molecule has 2 N–H and O–H groups in total. The Hall–Kier alpha value is -1.09. The molecule has 15 heavy (non-hydrogen) atoms. The molecular formula is C12H21N3. The third-order valence-corrected chi connectivity index (χ3v) is 2.72. The number of nitrogens with zero attached hydrogens (tertiary/aromatic N) is 2. The fourth-order valence-electron chi connectivity index (χ4n) is 1.62. The topological polar surface area (TPSA) is 43.8 Å². The van der Waals surface area contributed by atoms with Crippen molar-refractivity contribution in [2.24, 2.45) is 12.8 Å². The molecule has 1 heterocycles. The molecule has 0 aliphatic rings. The molecule has 0 spiro atoms. The predicted molar refractivity (Wildman–Crippen MR) is 63.6 cm³/mol.